The van der Waals surface area contributed by atoms with E-state index in [2.05, 4.69) is 5.32 Å². The van der Waals surface area contributed by atoms with Gasteiger partial charge in [-0.3, -0.25) is 14.4 Å². The van der Waals surface area contributed by atoms with E-state index in [-0.39, 0.29) is 65.9 Å². The van der Waals surface area contributed by atoms with Crippen molar-refractivity contribution in [2.24, 2.45) is 11.8 Å². The molecule has 0 saturated heterocycles. The average Bonchev–Trinajstić information content (AvgIpc) is 3.36. The summed E-state index contributed by atoms with van der Waals surface area (Å²) in [5.41, 5.74) is 0.269. The smallest absolute Gasteiger partial charge is 0.397 e. The Morgan fingerprint density at radius 3 is 2.46 bits per heavy atom. The molecule has 0 spiro atoms. The van der Waals surface area contributed by atoms with E-state index in [1.54, 1.807) is 14.2 Å². The molecule has 1 heterocycles. The highest BCUT2D eigenvalue weighted by Crippen LogP contribution is 2.30. The lowest BCUT2D eigenvalue weighted by atomic mass is 9.99. The van der Waals surface area contributed by atoms with Crippen LogP contribution >= 0.6 is 0 Å². The molecular weight excluding hydrogens is 491 g/mol. The third kappa shape index (κ3) is 7.59. The number of methoxy groups -OCH3 is 1. The quantitative estimate of drug-likeness (QED) is 0.637. The Hall–Kier alpha value is -2.82. The maximum Gasteiger partial charge on any atom is 0.397 e. The Bertz CT molecular complexity index is 981. The topological polar surface area (TPSA) is 88.2 Å². The van der Waals surface area contributed by atoms with Crippen LogP contribution in [0.5, 0.6) is 5.75 Å². The van der Waals surface area contributed by atoms with Crippen molar-refractivity contribution in [3.63, 3.8) is 0 Å². The number of amides is 3. The lowest BCUT2D eigenvalue weighted by Gasteiger charge is -2.37. The molecule has 1 aromatic carbocycles. The molecule has 1 aromatic rings. The summed E-state index contributed by atoms with van der Waals surface area (Å²) in [6, 6.07) is 3.79. The molecule has 1 aliphatic heterocycles. The van der Waals surface area contributed by atoms with Crippen LogP contribution in [0.15, 0.2) is 18.2 Å². The van der Waals surface area contributed by atoms with E-state index in [4.69, 9.17) is 9.47 Å². The summed E-state index contributed by atoms with van der Waals surface area (Å²) in [5.74, 6) is -1.48. The van der Waals surface area contributed by atoms with Gasteiger partial charge in [0.25, 0.3) is 5.91 Å². The van der Waals surface area contributed by atoms with Crippen LogP contribution in [0.2, 0.25) is 0 Å². The minimum atomic E-state index is -4.64. The Kier molecular flexibility index (Phi) is 9.44. The first kappa shape index (κ1) is 28.7. The first-order valence-corrected chi connectivity index (χ1v) is 12.6. The number of carbonyl (C=O) groups excluding carboxylic acids is 3. The number of nitrogens with one attached hydrogen (secondary N) is 1. The number of likely N-dealkylation sites (N-methyl/N-ethyl adjacent to an activating group) is 1. The van der Waals surface area contributed by atoms with Gasteiger partial charge < -0.3 is 24.6 Å². The largest absolute Gasteiger partial charge is 0.491 e. The number of hydrogen-bond acceptors (Lipinski definition) is 5. The molecule has 0 unspecified atom stereocenters. The Balaban J connectivity index is 1.92. The molecule has 1 N–H and O–H groups in total. The molecule has 3 rings (SSSR count). The van der Waals surface area contributed by atoms with E-state index >= 15 is 0 Å². The number of hydrogen-bond donors (Lipinski definition) is 1. The summed E-state index contributed by atoms with van der Waals surface area (Å²) in [6.45, 7) is 4.62. The molecule has 3 atom stereocenters. The van der Waals surface area contributed by atoms with Crippen LogP contribution in [0.4, 0.5) is 18.9 Å². The standard InChI is InChI=1S/C26H36F3N3O5/c1-16-13-32(24(34)18-7-5-6-8-18)17(2)15-37-21-11-19(30-23(33)12-26(27,28)29)9-10-20(21)25(35)31(3)14-22(16)36-4/h9-11,16-18,22H,5-8,12-15H2,1-4H3,(H,30,33)/t16-,17-,22-/m1/s1. The number of ether oxygens (including phenoxy) is 2. The van der Waals surface area contributed by atoms with Crippen LogP contribution in [0.25, 0.3) is 0 Å². The van der Waals surface area contributed by atoms with Gasteiger partial charge in [-0.1, -0.05) is 19.8 Å². The molecular formula is C26H36F3N3O5. The maximum absolute atomic E-state index is 13.4. The number of fused-ring (bicyclic) bond motifs is 1. The van der Waals surface area contributed by atoms with Crippen molar-refractivity contribution in [2.75, 3.05) is 39.2 Å². The first-order valence-electron chi connectivity index (χ1n) is 12.6. The van der Waals surface area contributed by atoms with Gasteiger partial charge in [0, 0.05) is 50.8 Å². The zero-order chi connectivity index (χ0) is 27.3. The number of alkyl halides is 3. The Morgan fingerprint density at radius 1 is 1.16 bits per heavy atom. The van der Waals surface area contributed by atoms with E-state index in [1.165, 1.54) is 23.1 Å². The van der Waals surface area contributed by atoms with Crippen molar-refractivity contribution in [2.45, 2.75) is 64.3 Å². The highest BCUT2D eigenvalue weighted by atomic mass is 19.4. The van der Waals surface area contributed by atoms with E-state index < -0.39 is 18.5 Å². The molecule has 1 saturated carbocycles. The number of benzene rings is 1. The third-order valence-corrected chi connectivity index (χ3v) is 7.08. The van der Waals surface area contributed by atoms with Crippen molar-refractivity contribution in [3.05, 3.63) is 23.8 Å². The zero-order valence-corrected chi connectivity index (χ0v) is 21.8. The summed E-state index contributed by atoms with van der Waals surface area (Å²) in [6.07, 6.45) is -2.85. The molecule has 1 fully saturated rings. The molecule has 0 bridgehead atoms. The third-order valence-electron chi connectivity index (χ3n) is 7.08. The summed E-state index contributed by atoms with van der Waals surface area (Å²) < 4.78 is 49.5. The minimum Gasteiger partial charge on any atom is -0.491 e. The Morgan fingerprint density at radius 2 is 1.84 bits per heavy atom. The molecule has 3 amide bonds. The predicted molar refractivity (Wildman–Crippen MR) is 131 cm³/mol. The summed E-state index contributed by atoms with van der Waals surface area (Å²) >= 11 is 0. The normalized spacial score (nSPS) is 24.1. The summed E-state index contributed by atoms with van der Waals surface area (Å²) in [4.78, 5) is 41.8. The molecule has 37 heavy (non-hydrogen) atoms. The minimum absolute atomic E-state index is 0.0319. The van der Waals surface area contributed by atoms with Gasteiger partial charge in [0.05, 0.1) is 17.7 Å². The molecule has 8 nitrogen and oxygen atoms in total. The van der Waals surface area contributed by atoms with Crippen LogP contribution in [0.3, 0.4) is 0 Å². The van der Waals surface area contributed by atoms with Crippen molar-refractivity contribution >= 4 is 23.4 Å². The Labute approximate surface area is 215 Å². The fourth-order valence-electron chi connectivity index (χ4n) is 4.95. The zero-order valence-electron chi connectivity index (χ0n) is 21.8. The second-order valence-corrected chi connectivity index (χ2v) is 10.1. The number of anilines is 1. The van der Waals surface area contributed by atoms with Crippen LogP contribution in [-0.4, -0.2) is 79.7 Å². The highest BCUT2D eigenvalue weighted by molar-refractivity contribution is 5.98. The maximum atomic E-state index is 13.4. The second kappa shape index (κ2) is 12.1. The number of nitrogens with zero attached hydrogens (tertiary/aromatic N) is 2. The lowest BCUT2D eigenvalue weighted by molar-refractivity contribution is -0.150. The van der Waals surface area contributed by atoms with Gasteiger partial charge in [0.2, 0.25) is 11.8 Å². The number of halogens is 3. The van der Waals surface area contributed by atoms with Gasteiger partial charge in [-0.25, -0.2) is 0 Å². The summed E-state index contributed by atoms with van der Waals surface area (Å²) in [5, 5.41) is 2.21. The van der Waals surface area contributed by atoms with Crippen LogP contribution in [-0.2, 0) is 14.3 Å². The van der Waals surface area contributed by atoms with Crippen LogP contribution in [0, 0.1) is 11.8 Å². The lowest BCUT2D eigenvalue weighted by Crippen LogP contribution is -2.50. The molecule has 2 aliphatic rings. The molecule has 1 aliphatic carbocycles. The van der Waals surface area contributed by atoms with Crippen LogP contribution in [0.1, 0.15) is 56.3 Å². The van der Waals surface area contributed by atoms with Gasteiger partial charge in [-0.2, -0.15) is 13.2 Å². The van der Waals surface area contributed by atoms with Gasteiger partial charge in [0.15, 0.2) is 0 Å². The summed E-state index contributed by atoms with van der Waals surface area (Å²) in [7, 11) is 3.20. The fourth-order valence-corrected chi connectivity index (χ4v) is 4.95. The van der Waals surface area contributed by atoms with Crippen molar-refractivity contribution in [1.82, 2.24) is 9.80 Å². The SMILES string of the molecule is CO[C@@H]1CN(C)C(=O)c2ccc(NC(=O)CC(F)(F)F)cc2OC[C@@H](C)N(C(=O)C2CCCC2)C[C@H]1C. The van der Waals surface area contributed by atoms with Gasteiger partial charge in [-0.15, -0.1) is 0 Å². The molecule has 0 radical (unpaired) electrons. The number of rotatable bonds is 4. The monoisotopic (exact) mass is 527 g/mol. The van der Waals surface area contributed by atoms with Crippen molar-refractivity contribution in [3.8, 4) is 5.75 Å². The van der Waals surface area contributed by atoms with Gasteiger partial charge in [-0.05, 0) is 31.9 Å². The van der Waals surface area contributed by atoms with Crippen molar-refractivity contribution < 1.29 is 37.0 Å². The number of carbonyl (C=O) groups is 3. The first-order chi connectivity index (χ1) is 17.4. The molecule has 11 heteroatoms. The van der Waals surface area contributed by atoms with E-state index in [0.717, 1.165) is 25.7 Å². The predicted octanol–water partition coefficient (Wildman–Crippen LogP) is 4.10. The van der Waals surface area contributed by atoms with Crippen LogP contribution < -0.4 is 10.1 Å². The van der Waals surface area contributed by atoms with Gasteiger partial charge in [0.1, 0.15) is 18.8 Å². The van der Waals surface area contributed by atoms with Gasteiger partial charge >= 0.3 is 6.18 Å². The van der Waals surface area contributed by atoms with E-state index in [0.29, 0.717) is 6.54 Å². The second-order valence-electron chi connectivity index (χ2n) is 10.1. The molecule has 206 valence electrons. The van der Waals surface area contributed by atoms with E-state index in [1.807, 2.05) is 18.7 Å². The fraction of sp³-hybridized carbons (Fsp3) is 0.654. The average molecular weight is 528 g/mol. The molecule has 0 aromatic heterocycles. The van der Waals surface area contributed by atoms with E-state index in [9.17, 15) is 27.6 Å². The highest BCUT2D eigenvalue weighted by Gasteiger charge is 2.34. The van der Waals surface area contributed by atoms with Crippen molar-refractivity contribution in [1.29, 1.82) is 0 Å².